The molecule has 1 unspecified atom stereocenters. The molecule has 0 aliphatic carbocycles. The molecular weight excluding hydrogens is 350 g/mol. The van der Waals surface area contributed by atoms with Gasteiger partial charge in [-0.2, -0.15) is 0 Å². The van der Waals surface area contributed by atoms with Crippen molar-refractivity contribution in [2.75, 3.05) is 7.11 Å². The highest BCUT2D eigenvalue weighted by Gasteiger charge is 2.25. The monoisotopic (exact) mass is 367 g/mol. The molecule has 0 amide bonds. The number of carbonyl (C=O) groups excluding carboxylic acids is 1. The first-order valence-electron chi connectivity index (χ1n) is 7.23. The average Bonchev–Trinajstić information content (AvgIpc) is 2.54. The van der Waals surface area contributed by atoms with Gasteiger partial charge in [-0.15, -0.1) is 0 Å². The van der Waals surface area contributed by atoms with Crippen LogP contribution >= 0.6 is 11.6 Å². The number of hydrogen-bond acceptors (Lipinski definition) is 5. The van der Waals surface area contributed by atoms with Crippen molar-refractivity contribution in [2.45, 2.75) is 29.2 Å². The molecule has 5 nitrogen and oxygen atoms in total. The van der Waals surface area contributed by atoms with E-state index < -0.39 is 15.8 Å². The van der Waals surface area contributed by atoms with Gasteiger partial charge >= 0.3 is 5.97 Å². The van der Waals surface area contributed by atoms with Gasteiger partial charge in [0.25, 0.3) is 0 Å². The van der Waals surface area contributed by atoms with E-state index in [4.69, 9.17) is 17.3 Å². The average molecular weight is 368 g/mol. The number of esters is 1. The van der Waals surface area contributed by atoms with Gasteiger partial charge in [0, 0.05) is 11.1 Å². The number of nitrogens with two attached hydrogens (primary N) is 1. The highest BCUT2D eigenvalue weighted by molar-refractivity contribution is 7.91. The fourth-order valence-corrected chi connectivity index (χ4v) is 4.01. The maximum atomic E-state index is 12.9. The predicted molar refractivity (Wildman–Crippen MR) is 92.0 cm³/mol. The Morgan fingerprint density at radius 3 is 2.38 bits per heavy atom. The highest BCUT2D eigenvalue weighted by atomic mass is 35.5. The van der Waals surface area contributed by atoms with Crippen LogP contribution in [-0.2, 0) is 21.0 Å². The minimum Gasteiger partial charge on any atom is -0.465 e. The fourth-order valence-electron chi connectivity index (χ4n) is 2.30. The number of hydrogen-bond donors (Lipinski definition) is 1. The smallest absolute Gasteiger partial charge is 0.339 e. The lowest BCUT2D eigenvalue weighted by molar-refractivity contribution is 0.0596. The van der Waals surface area contributed by atoms with E-state index >= 15 is 0 Å². The van der Waals surface area contributed by atoms with Crippen molar-refractivity contribution in [3.63, 3.8) is 0 Å². The van der Waals surface area contributed by atoms with Gasteiger partial charge in [0.1, 0.15) is 0 Å². The number of rotatable bonds is 5. The van der Waals surface area contributed by atoms with Crippen molar-refractivity contribution >= 4 is 27.4 Å². The first-order chi connectivity index (χ1) is 11.3. The summed E-state index contributed by atoms with van der Waals surface area (Å²) in [7, 11) is -2.72. The van der Waals surface area contributed by atoms with Crippen molar-refractivity contribution in [3.05, 3.63) is 58.6 Å². The fraction of sp³-hybridized carbons (Fsp3) is 0.235. The standard InChI is InChI=1S/C17H18ClNO4S/c1-11(19)9-12-3-6-14(7-4-12)24(21,22)16-10-13(18)5-8-15(16)17(20)23-2/h3-8,10-11H,9,19H2,1-2H3. The second-order valence-corrected chi connectivity index (χ2v) is 7.82. The zero-order valence-electron chi connectivity index (χ0n) is 13.3. The first kappa shape index (κ1) is 18.4. The van der Waals surface area contributed by atoms with E-state index in [0.29, 0.717) is 6.42 Å². The van der Waals surface area contributed by atoms with Crippen LogP contribution in [-0.4, -0.2) is 27.5 Å². The molecule has 2 aromatic carbocycles. The molecule has 0 saturated carbocycles. The third-order valence-corrected chi connectivity index (χ3v) is 5.47. The van der Waals surface area contributed by atoms with Crippen LogP contribution in [0, 0.1) is 0 Å². The van der Waals surface area contributed by atoms with Crippen molar-refractivity contribution in [2.24, 2.45) is 5.73 Å². The molecule has 0 aliphatic heterocycles. The van der Waals surface area contributed by atoms with Gasteiger partial charge in [-0.05, 0) is 49.2 Å². The third kappa shape index (κ3) is 3.95. The van der Waals surface area contributed by atoms with Crippen LogP contribution in [0.2, 0.25) is 5.02 Å². The lowest BCUT2D eigenvalue weighted by Gasteiger charge is -2.11. The Balaban J connectivity index is 2.51. The zero-order valence-corrected chi connectivity index (χ0v) is 14.9. The Morgan fingerprint density at radius 1 is 1.21 bits per heavy atom. The van der Waals surface area contributed by atoms with Crippen molar-refractivity contribution in [3.8, 4) is 0 Å². The van der Waals surface area contributed by atoms with Gasteiger partial charge in [-0.1, -0.05) is 23.7 Å². The maximum absolute atomic E-state index is 12.9. The van der Waals surface area contributed by atoms with Gasteiger partial charge in [0.15, 0.2) is 0 Å². The minimum atomic E-state index is -3.91. The Kier molecular flexibility index (Phi) is 5.64. The Morgan fingerprint density at radius 2 is 1.83 bits per heavy atom. The van der Waals surface area contributed by atoms with E-state index in [9.17, 15) is 13.2 Å². The van der Waals surface area contributed by atoms with Crippen molar-refractivity contribution < 1.29 is 17.9 Å². The predicted octanol–water partition coefficient (Wildman–Crippen LogP) is 2.85. The van der Waals surface area contributed by atoms with Crippen LogP contribution in [0.25, 0.3) is 0 Å². The number of methoxy groups -OCH3 is 1. The quantitative estimate of drug-likeness (QED) is 0.821. The molecule has 128 valence electrons. The summed E-state index contributed by atoms with van der Waals surface area (Å²) in [5, 5.41) is 0.217. The van der Waals surface area contributed by atoms with Gasteiger partial charge < -0.3 is 10.5 Å². The van der Waals surface area contributed by atoms with E-state index in [-0.39, 0.29) is 26.4 Å². The van der Waals surface area contributed by atoms with Gasteiger partial charge in [-0.25, -0.2) is 13.2 Å². The molecule has 1 atom stereocenters. The third-order valence-electron chi connectivity index (χ3n) is 3.43. The van der Waals surface area contributed by atoms with Crippen LogP contribution in [0.15, 0.2) is 52.3 Å². The van der Waals surface area contributed by atoms with Crippen LogP contribution < -0.4 is 5.73 Å². The molecule has 2 aromatic rings. The molecule has 0 heterocycles. The van der Waals surface area contributed by atoms with Gasteiger partial charge in [0.2, 0.25) is 9.84 Å². The number of halogens is 1. The van der Waals surface area contributed by atoms with Crippen molar-refractivity contribution in [1.82, 2.24) is 0 Å². The summed E-state index contributed by atoms with van der Waals surface area (Å²) in [5.74, 6) is -0.737. The Bertz CT molecular complexity index is 845. The zero-order chi connectivity index (χ0) is 17.9. The molecule has 2 N–H and O–H groups in total. The van der Waals surface area contributed by atoms with E-state index in [0.717, 1.165) is 5.56 Å². The summed E-state index contributed by atoms with van der Waals surface area (Å²) in [5.41, 5.74) is 6.62. The molecule has 7 heteroatoms. The van der Waals surface area contributed by atoms with Crippen LogP contribution in [0.3, 0.4) is 0 Å². The van der Waals surface area contributed by atoms with Crippen LogP contribution in [0.4, 0.5) is 0 Å². The van der Waals surface area contributed by atoms with Gasteiger partial charge in [-0.3, -0.25) is 0 Å². The Labute approximate surface area is 146 Å². The molecule has 0 radical (unpaired) electrons. The molecule has 0 aliphatic rings. The summed E-state index contributed by atoms with van der Waals surface area (Å²) in [6.07, 6.45) is 0.644. The van der Waals surface area contributed by atoms with E-state index in [2.05, 4.69) is 4.74 Å². The molecule has 0 saturated heterocycles. The minimum absolute atomic E-state index is 0.0219. The van der Waals surface area contributed by atoms with E-state index in [1.165, 1.54) is 37.4 Å². The molecule has 24 heavy (non-hydrogen) atoms. The SMILES string of the molecule is COC(=O)c1ccc(Cl)cc1S(=O)(=O)c1ccc(CC(C)N)cc1. The molecule has 0 fully saturated rings. The summed E-state index contributed by atoms with van der Waals surface area (Å²) in [4.78, 5) is 11.7. The summed E-state index contributed by atoms with van der Waals surface area (Å²) in [6.45, 7) is 1.87. The summed E-state index contributed by atoms with van der Waals surface area (Å²) in [6, 6.07) is 10.4. The summed E-state index contributed by atoms with van der Waals surface area (Å²) < 4.78 is 30.4. The molecule has 0 spiro atoms. The first-order valence-corrected chi connectivity index (χ1v) is 9.09. The lowest BCUT2D eigenvalue weighted by atomic mass is 10.1. The lowest BCUT2D eigenvalue weighted by Crippen LogP contribution is -2.17. The molecular formula is C17H18ClNO4S. The molecule has 0 bridgehead atoms. The number of benzene rings is 2. The second kappa shape index (κ2) is 7.34. The Hall–Kier alpha value is -1.89. The normalized spacial score (nSPS) is 12.7. The van der Waals surface area contributed by atoms with E-state index in [1.807, 2.05) is 6.92 Å². The molecule has 2 rings (SSSR count). The number of sulfone groups is 1. The second-order valence-electron chi connectivity index (χ2n) is 5.46. The number of carbonyl (C=O) groups is 1. The van der Waals surface area contributed by atoms with Crippen LogP contribution in [0.5, 0.6) is 0 Å². The van der Waals surface area contributed by atoms with Gasteiger partial charge in [0.05, 0.1) is 22.5 Å². The maximum Gasteiger partial charge on any atom is 0.339 e. The number of ether oxygens (including phenoxy) is 1. The highest BCUT2D eigenvalue weighted by Crippen LogP contribution is 2.28. The topological polar surface area (TPSA) is 86.5 Å². The van der Waals surface area contributed by atoms with Crippen LogP contribution in [0.1, 0.15) is 22.8 Å². The summed E-state index contributed by atoms with van der Waals surface area (Å²) >= 11 is 5.91. The molecule has 0 aromatic heterocycles. The largest absolute Gasteiger partial charge is 0.465 e. The van der Waals surface area contributed by atoms with Crippen molar-refractivity contribution in [1.29, 1.82) is 0 Å². The van der Waals surface area contributed by atoms with E-state index in [1.54, 1.807) is 12.1 Å².